The van der Waals surface area contributed by atoms with E-state index in [2.05, 4.69) is 38.4 Å². The number of hydrogen-bond acceptors (Lipinski definition) is 2. The average Bonchev–Trinajstić information content (AvgIpc) is 2.27. The Hall–Kier alpha value is -1.00. The van der Waals surface area contributed by atoms with Crippen LogP contribution in [0, 0.1) is 0 Å². The molecule has 70 valence electrons. The average molecular weight is 298 g/mol. The topological polar surface area (TPSA) is 28.3 Å². The summed E-state index contributed by atoms with van der Waals surface area (Å²) in [5.41, 5.74) is 1.94. The largest absolute Gasteiger partial charge is 0.259 e. The number of allylic oxidation sites excluding steroid dienone is 1. The van der Waals surface area contributed by atoms with Gasteiger partial charge in [-0.15, -0.1) is 4.58 Å². The summed E-state index contributed by atoms with van der Waals surface area (Å²) in [6.45, 7) is 1.96. The maximum Gasteiger partial charge on any atom is 0.259 e. The summed E-state index contributed by atoms with van der Waals surface area (Å²) in [4.78, 5) is 8.66. The van der Waals surface area contributed by atoms with Crippen LogP contribution in [0.4, 0.5) is 11.5 Å². The highest BCUT2D eigenvalue weighted by molar-refractivity contribution is 14.1. The van der Waals surface area contributed by atoms with Gasteiger partial charge in [0.05, 0.1) is 5.71 Å². The Morgan fingerprint density at radius 3 is 3.07 bits per heavy atom. The van der Waals surface area contributed by atoms with Crippen molar-refractivity contribution in [2.24, 2.45) is 4.99 Å². The first-order chi connectivity index (χ1) is 6.68. The maximum absolute atomic E-state index is 4.43. The Morgan fingerprint density at radius 2 is 2.29 bits per heavy atom. The highest BCUT2D eigenvalue weighted by Crippen LogP contribution is 2.26. The smallest absolute Gasteiger partial charge is 0.231 e. The number of nitrogens with zero attached hydrogens (tertiary/aromatic N) is 3. The predicted molar refractivity (Wildman–Crippen MR) is 65.4 cm³/mol. The molecule has 14 heavy (non-hydrogen) atoms. The zero-order valence-electron chi connectivity index (χ0n) is 7.95. The Kier molecular flexibility index (Phi) is 2.48. The summed E-state index contributed by atoms with van der Waals surface area (Å²) < 4.78 is 2.94. The lowest BCUT2D eigenvalue weighted by Crippen LogP contribution is -1.96. The van der Waals surface area contributed by atoms with Crippen molar-refractivity contribution in [2.45, 2.75) is 6.92 Å². The predicted octanol–water partition coefficient (Wildman–Crippen LogP) is 2.45. The van der Waals surface area contributed by atoms with Crippen molar-refractivity contribution in [1.82, 2.24) is 4.98 Å². The lowest BCUT2D eigenvalue weighted by molar-refractivity contribution is -0.396. The van der Waals surface area contributed by atoms with Crippen molar-refractivity contribution in [3.05, 3.63) is 21.9 Å². The quantitative estimate of drug-likeness (QED) is 0.534. The van der Waals surface area contributed by atoms with Gasteiger partial charge in [-0.25, -0.2) is 9.98 Å². The van der Waals surface area contributed by atoms with Gasteiger partial charge in [0.25, 0.3) is 5.69 Å². The first-order valence-electron chi connectivity index (χ1n) is 4.22. The van der Waals surface area contributed by atoms with E-state index in [4.69, 9.17) is 0 Å². The van der Waals surface area contributed by atoms with Crippen molar-refractivity contribution >= 4 is 45.7 Å². The second-order valence-corrected chi connectivity index (χ2v) is 4.11. The molecular weight excluding hydrogens is 289 g/mol. The number of aromatic nitrogens is 1. The first-order valence-corrected chi connectivity index (χ1v) is 5.30. The van der Waals surface area contributed by atoms with Crippen molar-refractivity contribution < 1.29 is 4.58 Å². The van der Waals surface area contributed by atoms with Crippen LogP contribution >= 0.6 is 22.6 Å². The van der Waals surface area contributed by atoms with Crippen LogP contribution in [0.25, 0.3) is 0 Å². The zero-order valence-corrected chi connectivity index (χ0v) is 10.1. The summed E-state index contributed by atoms with van der Waals surface area (Å²) in [6.07, 6.45) is 1.75. The number of hydrogen-bond donors (Lipinski definition) is 0. The van der Waals surface area contributed by atoms with Gasteiger partial charge in [-0.1, -0.05) is 0 Å². The Morgan fingerprint density at radius 1 is 1.50 bits per heavy atom. The normalized spacial score (nSPS) is 14.9. The molecule has 1 aliphatic heterocycles. The van der Waals surface area contributed by atoms with Crippen LogP contribution in [0.3, 0.4) is 0 Å². The monoisotopic (exact) mass is 298 g/mol. The van der Waals surface area contributed by atoms with Gasteiger partial charge in [0, 0.05) is 12.3 Å². The van der Waals surface area contributed by atoms with E-state index >= 15 is 0 Å². The summed E-state index contributed by atoms with van der Waals surface area (Å²) in [6, 6.07) is 3.89. The molecule has 1 aromatic heterocycles. The van der Waals surface area contributed by atoms with Crippen LogP contribution in [0.15, 0.2) is 26.9 Å². The maximum atomic E-state index is 4.43. The van der Waals surface area contributed by atoms with Crippen LogP contribution in [-0.4, -0.2) is 28.2 Å². The van der Waals surface area contributed by atoms with Gasteiger partial charge < -0.3 is 0 Å². The minimum atomic E-state index is 0.756. The molecule has 3 nitrogen and oxygen atoms in total. The first kappa shape index (κ1) is 9.55. The number of aliphatic imine (C=N–C) groups is 1. The van der Waals surface area contributed by atoms with E-state index < -0.39 is 0 Å². The second kappa shape index (κ2) is 3.63. The van der Waals surface area contributed by atoms with Gasteiger partial charge in [-0.2, -0.15) is 0 Å². The molecule has 0 aromatic carbocycles. The summed E-state index contributed by atoms with van der Waals surface area (Å²) in [5, 5.41) is 0. The Balaban J connectivity index is 2.77. The summed E-state index contributed by atoms with van der Waals surface area (Å²) in [7, 11) is 1.95. The van der Waals surface area contributed by atoms with Gasteiger partial charge in [-0.3, -0.25) is 0 Å². The Bertz CT molecular complexity index is 482. The number of fused-ring (bicyclic) bond motifs is 1. The molecule has 4 heteroatoms. The molecular formula is C10H9IN3+. The number of rotatable bonds is 0. The van der Waals surface area contributed by atoms with E-state index in [0.29, 0.717) is 0 Å². The highest BCUT2D eigenvalue weighted by Gasteiger charge is 2.16. The third-order valence-electron chi connectivity index (χ3n) is 1.98. The molecule has 0 unspecified atom stereocenters. The lowest BCUT2D eigenvalue weighted by atomic mass is 10.4. The minimum Gasteiger partial charge on any atom is -0.231 e. The molecule has 0 aliphatic carbocycles. The van der Waals surface area contributed by atoms with E-state index in [1.54, 1.807) is 6.20 Å². The van der Waals surface area contributed by atoms with Gasteiger partial charge in [0.2, 0.25) is 5.82 Å². The molecule has 0 saturated heterocycles. The molecule has 1 aromatic rings. The van der Waals surface area contributed by atoms with Crippen LogP contribution in [0.2, 0.25) is 0 Å². The van der Waals surface area contributed by atoms with Crippen LogP contribution in [-0.2, 0) is 0 Å². The number of pyridine rings is 1. The van der Waals surface area contributed by atoms with Crippen LogP contribution in [0.5, 0.6) is 0 Å². The molecule has 0 N–H and O–H groups in total. The standard InChI is InChI=1S/C10H9IN3/c1-7-8(11)6-14(2)9-4-3-5-12-10(9)13-7/h3-5H,1-2H3/q+1. The Labute approximate surface area is 96.0 Å². The van der Waals surface area contributed by atoms with E-state index in [0.717, 1.165) is 20.8 Å². The highest BCUT2D eigenvalue weighted by atomic mass is 127. The van der Waals surface area contributed by atoms with E-state index in [9.17, 15) is 0 Å². The fourth-order valence-corrected chi connectivity index (χ4v) is 1.72. The van der Waals surface area contributed by atoms with Crippen molar-refractivity contribution in [1.29, 1.82) is 0 Å². The summed E-state index contributed by atoms with van der Waals surface area (Å²) in [5.74, 6) is 3.97. The summed E-state index contributed by atoms with van der Waals surface area (Å²) >= 11 is 2.23. The van der Waals surface area contributed by atoms with Crippen molar-refractivity contribution in [2.75, 3.05) is 7.05 Å². The van der Waals surface area contributed by atoms with E-state index in [1.807, 2.05) is 30.7 Å². The molecule has 0 radical (unpaired) electrons. The number of halogens is 1. The van der Waals surface area contributed by atoms with Crippen LogP contribution in [0.1, 0.15) is 6.92 Å². The minimum absolute atomic E-state index is 0.756. The third kappa shape index (κ3) is 1.63. The second-order valence-electron chi connectivity index (χ2n) is 3.03. The molecule has 1 aliphatic rings. The van der Waals surface area contributed by atoms with Crippen molar-refractivity contribution in [3.63, 3.8) is 0 Å². The molecule has 0 bridgehead atoms. The van der Waals surface area contributed by atoms with Gasteiger partial charge in [0.15, 0.2) is 5.87 Å². The van der Waals surface area contributed by atoms with Gasteiger partial charge in [0.1, 0.15) is 10.6 Å². The molecule has 0 spiro atoms. The lowest BCUT2D eigenvalue weighted by Gasteiger charge is -1.95. The molecule has 0 fully saturated rings. The van der Waals surface area contributed by atoms with Crippen LogP contribution < -0.4 is 0 Å². The zero-order chi connectivity index (χ0) is 10.1. The van der Waals surface area contributed by atoms with Gasteiger partial charge >= 0.3 is 0 Å². The molecule has 0 amide bonds. The van der Waals surface area contributed by atoms with E-state index in [-0.39, 0.29) is 0 Å². The SMILES string of the molecule is CC1=Nc2ncccc2[N+](C)=C=C1I. The van der Waals surface area contributed by atoms with Gasteiger partial charge in [-0.05, 0) is 35.6 Å². The van der Waals surface area contributed by atoms with E-state index in [1.165, 1.54) is 0 Å². The third-order valence-corrected chi connectivity index (χ3v) is 3.01. The molecule has 2 rings (SSSR count). The molecule has 2 heterocycles. The van der Waals surface area contributed by atoms with Crippen molar-refractivity contribution in [3.8, 4) is 0 Å². The molecule has 0 saturated carbocycles. The molecule has 0 atom stereocenters. The fourth-order valence-electron chi connectivity index (χ4n) is 1.23. The fraction of sp³-hybridized carbons (Fsp3) is 0.200.